The number of nitrogens with one attached hydrogen (secondary N) is 2. The van der Waals surface area contributed by atoms with Gasteiger partial charge in [0.15, 0.2) is 5.76 Å². The third-order valence-electron chi connectivity index (χ3n) is 5.40. The summed E-state index contributed by atoms with van der Waals surface area (Å²) in [6, 6.07) is 12.5. The van der Waals surface area contributed by atoms with E-state index in [-0.39, 0.29) is 29.2 Å². The summed E-state index contributed by atoms with van der Waals surface area (Å²) in [6.45, 7) is 0.450. The van der Waals surface area contributed by atoms with Crippen LogP contribution in [0.25, 0.3) is 11.5 Å². The Morgan fingerprint density at radius 1 is 1.03 bits per heavy atom. The molecule has 2 fully saturated rings. The highest BCUT2D eigenvalue weighted by Crippen LogP contribution is 2.30. The molecule has 10 nitrogen and oxygen atoms in total. The van der Waals surface area contributed by atoms with E-state index in [1.807, 2.05) is 12.1 Å². The number of ether oxygens (including phenoxy) is 2. The number of hydrogen-bond donors (Lipinski definition) is 2. The maximum absolute atomic E-state index is 12.9. The molecular formula is C21H19N5O5S. The van der Waals surface area contributed by atoms with E-state index >= 15 is 0 Å². The first-order valence-corrected chi connectivity index (χ1v) is 11.4. The van der Waals surface area contributed by atoms with Gasteiger partial charge in [-0.25, -0.2) is 23.1 Å². The van der Waals surface area contributed by atoms with Gasteiger partial charge in [-0.1, -0.05) is 12.1 Å². The molecule has 5 rings (SSSR count). The van der Waals surface area contributed by atoms with Crippen molar-refractivity contribution in [3.05, 3.63) is 60.5 Å². The zero-order chi connectivity index (χ0) is 22.1. The van der Waals surface area contributed by atoms with E-state index in [0.717, 1.165) is 0 Å². The summed E-state index contributed by atoms with van der Waals surface area (Å²) >= 11 is 0. The number of nitrogens with zero attached hydrogens (tertiary/aromatic N) is 3. The summed E-state index contributed by atoms with van der Waals surface area (Å²) in [7, 11) is -3.92. The van der Waals surface area contributed by atoms with Crippen LogP contribution in [0.2, 0.25) is 0 Å². The number of aromatic nitrogens is 2. The highest BCUT2D eigenvalue weighted by molar-refractivity contribution is 7.89. The fraction of sp³-hybridized carbons (Fsp3) is 0.286. The zero-order valence-electron chi connectivity index (χ0n) is 16.7. The normalized spacial score (nSPS) is 24.7. The molecule has 2 N–H and O–H groups in total. The van der Waals surface area contributed by atoms with E-state index in [1.54, 1.807) is 36.7 Å². The Hall–Kier alpha value is -3.30. The average Bonchev–Trinajstić information content (AvgIpc) is 3.54. The number of anilines is 1. The smallest absolute Gasteiger partial charge is 0.242 e. The van der Waals surface area contributed by atoms with Crippen molar-refractivity contribution in [3.63, 3.8) is 0 Å². The van der Waals surface area contributed by atoms with Gasteiger partial charge in [-0.05, 0) is 30.3 Å². The van der Waals surface area contributed by atoms with Crippen molar-refractivity contribution in [3.8, 4) is 17.5 Å². The fourth-order valence-corrected chi connectivity index (χ4v) is 5.32. The molecule has 2 aliphatic heterocycles. The molecule has 3 aromatic rings. The van der Waals surface area contributed by atoms with Gasteiger partial charge in [0.25, 0.3) is 0 Å². The summed E-state index contributed by atoms with van der Waals surface area (Å²) < 4.78 is 45.4. The molecule has 32 heavy (non-hydrogen) atoms. The van der Waals surface area contributed by atoms with Gasteiger partial charge < -0.3 is 19.2 Å². The Morgan fingerprint density at radius 3 is 2.59 bits per heavy atom. The molecule has 4 unspecified atom stereocenters. The van der Waals surface area contributed by atoms with Gasteiger partial charge in [0, 0.05) is 6.20 Å². The number of nitriles is 1. The van der Waals surface area contributed by atoms with Crippen molar-refractivity contribution >= 4 is 16.0 Å². The van der Waals surface area contributed by atoms with Crippen LogP contribution < -0.4 is 10.0 Å². The molecule has 0 amide bonds. The number of fused-ring (bicyclic) bond motifs is 1. The van der Waals surface area contributed by atoms with Gasteiger partial charge in [-0.15, -0.1) is 0 Å². The summed E-state index contributed by atoms with van der Waals surface area (Å²) in [5.41, 5.74) is 0.716. The number of hydrogen-bond acceptors (Lipinski definition) is 9. The van der Waals surface area contributed by atoms with Crippen molar-refractivity contribution < 1.29 is 22.3 Å². The lowest BCUT2D eigenvalue weighted by Gasteiger charge is -2.18. The highest BCUT2D eigenvalue weighted by Gasteiger charge is 2.49. The van der Waals surface area contributed by atoms with Crippen LogP contribution in [0.1, 0.15) is 5.56 Å². The second-order valence-corrected chi connectivity index (χ2v) is 9.11. The lowest BCUT2D eigenvalue weighted by Crippen LogP contribution is -2.44. The van der Waals surface area contributed by atoms with Crippen molar-refractivity contribution in [2.24, 2.45) is 0 Å². The van der Waals surface area contributed by atoms with Crippen LogP contribution in [0, 0.1) is 11.3 Å². The standard InChI is InChI=1S/C21H19N5O5S/c22-10-13-4-1-2-6-18(13)32(27,28)26-16-12-31-19-15(11-30-20(16)19)25-21-23-8-7-14(24-21)17-5-3-9-29-17/h1-9,15-16,19-20,26H,11-12H2,(H,23,24,25). The predicted octanol–water partition coefficient (Wildman–Crippen LogP) is 1.53. The van der Waals surface area contributed by atoms with E-state index in [4.69, 9.17) is 13.9 Å². The van der Waals surface area contributed by atoms with Gasteiger partial charge in [0.05, 0.1) is 42.0 Å². The Morgan fingerprint density at radius 2 is 1.81 bits per heavy atom. The Balaban J connectivity index is 1.28. The zero-order valence-corrected chi connectivity index (χ0v) is 17.5. The van der Waals surface area contributed by atoms with E-state index in [2.05, 4.69) is 20.0 Å². The molecule has 2 saturated heterocycles. The molecule has 0 bridgehead atoms. The van der Waals surface area contributed by atoms with Crippen molar-refractivity contribution in [2.75, 3.05) is 18.5 Å². The number of furan rings is 1. The monoisotopic (exact) mass is 453 g/mol. The molecule has 0 radical (unpaired) electrons. The van der Waals surface area contributed by atoms with Crippen LogP contribution >= 0.6 is 0 Å². The minimum atomic E-state index is -3.92. The van der Waals surface area contributed by atoms with E-state index in [9.17, 15) is 13.7 Å². The second-order valence-electron chi connectivity index (χ2n) is 7.43. The van der Waals surface area contributed by atoms with Crippen LogP contribution in [-0.4, -0.2) is 55.9 Å². The topological polar surface area (TPSA) is 139 Å². The fourth-order valence-electron chi connectivity index (χ4n) is 3.94. The minimum absolute atomic E-state index is 0.0678. The van der Waals surface area contributed by atoms with Crippen molar-refractivity contribution in [1.29, 1.82) is 5.26 Å². The van der Waals surface area contributed by atoms with E-state index in [1.165, 1.54) is 12.1 Å². The summed E-state index contributed by atoms with van der Waals surface area (Å²) in [5, 5.41) is 12.4. The van der Waals surface area contributed by atoms with Crippen LogP contribution in [-0.2, 0) is 19.5 Å². The van der Waals surface area contributed by atoms with E-state index in [0.29, 0.717) is 24.0 Å². The first-order valence-electron chi connectivity index (χ1n) is 9.93. The Bertz CT molecular complexity index is 1260. The molecule has 11 heteroatoms. The number of sulfonamides is 1. The van der Waals surface area contributed by atoms with Crippen LogP contribution in [0.5, 0.6) is 0 Å². The van der Waals surface area contributed by atoms with Crippen LogP contribution in [0.3, 0.4) is 0 Å². The molecule has 164 valence electrons. The molecule has 0 aliphatic carbocycles. The van der Waals surface area contributed by atoms with Crippen LogP contribution in [0.15, 0.2) is 64.2 Å². The maximum atomic E-state index is 12.9. The molecule has 1 aromatic carbocycles. The van der Waals surface area contributed by atoms with Crippen LogP contribution in [0.4, 0.5) is 5.95 Å². The number of rotatable bonds is 6. The molecule has 4 atom stereocenters. The quantitative estimate of drug-likeness (QED) is 0.569. The summed E-state index contributed by atoms with van der Waals surface area (Å²) in [4.78, 5) is 8.64. The van der Waals surface area contributed by atoms with E-state index < -0.39 is 22.2 Å². The largest absolute Gasteiger partial charge is 0.463 e. The van der Waals surface area contributed by atoms with Crippen molar-refractivity contribution in [1.82, 2.24) is 14.7 Å². The second kappa shape index (κ2) is 8.33. The molecule has 0 spiro atoms. The van der Waals surface area contributed by atoms with Gasteiger partial charge in [-0.2, -0.15) is 5.26 Å². The lowest BCUT2D eigenvalue weighted by atomic mass is 10.1. The van der Waals surface area contributed by atoms with Gasteiger partial charge in [-0.3, -0.25) is 0 Å². The maximum Gasteiger partial charge on any atom is 0.242 e. The minimum Gasteiger partial charge on any atom is -0.463 e. The molecule has 2 aliphatic rings. The van der Waals surface area contributed by atoms with Gasteiger partial charge >= 0.3 is 0 Å². The van der Waals surface area contributed by atoms with Crippen molar-refractivity contribution in [2.45, 2.75) is 29.2 Å². The average molecular weight is 453 g/mol. The predicted molar refractivity (Wildman–Crippen MR) is 112 cm³/mol. The molecular weight excluding hydrogens is 434 g/mol. The first kappa shape index (κ1) is 20.6. The lowest BCUT2D eigenvalue weighted by molar-refractivity contribution is 0.0690. The Kier molecular flexibility index (Phi) is 5.36. The third kappa shape index (κ3) is 3.85. The number of benzene rings is 1. The van der Waals surface area contributed by atoms with Gasteiger partial charge in [0.2, 0.25) is 16.0 Å². The SMILES string of the molecule is N#Cc1ccccc1S(=O)(=O)NC1COC2C(Nc3nccc(-c4ccco4)n3)COC12. The highest BCUT2D eigenvalue weighted by atomic mass is 32.2. The molecule has 2 aromatic heterocycles. The Labute approximate surface area is 184 Å². The summed E-state index contributed by atoms with van der Waals surface area (Å²) in [5.74, 6) is 1.02. The molecule has 0 saturated carbocycles. The van der Waals surface area contributed by atoms with Gasteiger partial charge in [0.1, 0.15) is 24.0 Å². The summed E-state index contributed by atoms with van der Waals surface area (Å²) in [6.07, 6.45) is 2.33. The third-order valence-corrected chi connectivity index (χ3v) is 6.95. The first-order chi connectivity index (χ1) is 15.5. The molecule has 4 heterocycles.